The number of aliphatic hydroxyl groups is 1. The van der Waals surface area contributed by atoms with Crippen LogP contribution in [0, 0.1) is 0 Å². The molecule has 1 amide bonds. The van der Waals surface area contributed by atoms with E-state index in [4.69, 9.17) is 11.6 Å². The fraction of sp³-hybridized carbons (Fsp3) is 0.474. The maximum atomic E-state index is 13.1. The van der Waals surface area contributed by atoms with E-state index in [0.717, 1.165) is 24.5 Å². The van der Waals surface area contributed by atoms with Gasteiger partial charge in [0.25, 0.3) is 5.91 Å². The zero-order chi connectivity index (χ0) is 18.1. The molecule has 1 aromatic heterocycles. The van der Waals surface area contributed by atoms with Crippen LogP contribution in [0.2, 0.25) is 5.02 Å². The second-order valence-corrected chi connectivity index (χ2v) is 7.35. The van der Waals surface area contributed by atoms with Crippen molar-refractivity contribution < 1.29 is 9.90 Å². The van der Waals surface area contributed by atoms with Crippen molar-refractivity contribution >= 4 is 23.2 Å². The minimum absolute atomic E-state index is 0.0492. The Hall–Kier alpha value is -2.05. The highest BCUT2D eigenvalue weighted by atomic mass is 35.5. The average molecular weight is 375 g/mol. The van der Waals surface area contributed by atoms with E-state index in [2.05, 4.69) is 10.00 Å². The van der Waals surface area contributed by atoms with Crippen molar-refractivity contribution in [1.82, 2.24) is 14.7 Å². The molecular formula is C19H23ClN4O2. The van der Waals surface area contributed by atoms with E-state index in [1.807, 2.05) is 28.9 Å². The van der Waals surface area contributed by atoms with E-state index in [1.165, 1.54) is 19.3 Å². The third-order valence-electron chi connectivity index (χ3n) is 5.20. The number of hydrogen-bond donors (Lipinski definition) is 1. The van der Waals surface area contributed by atoms with E-state index in [9.17, 15) is 9.90 Å². The predicted octanol–water partition coefficient (Wildman–Crippen LogP) is 2.68. The van der Waals surface area contributed by atoms with Gasteiger partial charge in [0.05, 0.1) is 41.7 Å². The first-order chi connectivity index (χ1) is 12.7. The van der Waals surface area contributed by atoms with Gasteiger partial charge in [-0.2, -0.15) is 5.10 Å². The molecule has 1 aromatic carbocycles. The van der Waals surface area contributed by atoms with Crippen LogP contribution in [-0.4, -0.2) is 45.3 Å². The molecule has 4 rings (SSSR count). The highest BCUT2D eigenvalue weighted by Crippen LogP contribution is 2.27. The number of benzene rings is 1. The van der Waals surface area contributed by atoms with Crippen molar-refractivity contribution in [3.05, 3.63) is 46.2 Å². The molecule has 0 radical (unpaired) electrons. The molecule has 2 aliphatic heterocycles. The van der Waals surface area contributed by atoms with E-state index in [-0.39, 0.29) is 12.5 Å². The van der Waals surface area contributed by atoms with E-state index in [0.29, 0.717) is 35.9 Å². The topological polar surface area (TPSA) is 61.6 Å². The Balaban J connectivity index is 1.56. The summed E-state index contributed by atoms with van der Waals surface area (Å²) in [5, 5.41) is 14.1. The lowest BCUT2D eigenvalue weighted by molar-refractivity contribution is 0.0706. The fourth-order valence-electron chi connectivity index (χ4n) is 3.77. The molecule has 6 nitrogen and oxygen atoms in total. The van der Waals surface area contributed by atoms with Crippen LogP contribution >= 0.6 is 11.6 Å². The van der Waals surface area contributed by atoms with Crippen LogP contribution in [0.5, 0.6) is 0 Å². The molecule has 7 heteroatoms. The highest BCUT2D eigenvalue weighted by Gasteiger charge is 2.25. The molecule has 2 aromatic rings. The highest BCUT2D eigenvalue weighted by molar-refractivity contribution is 6.34. The van der Waals surface area contributed by atoms with E-state index < -0.39 is 0 Å². The summed E-state index contributed by atoms with van der Waals surface area (Å²) in [6.07, 6.45) is 3.65. The number of fused-ring (bicyclic) bond motifs is 1. The molecular weight excluding hydrogens is 352 g/mol. The lowest BCUT2D eigenvalue weighted by Crippen LogP contribution is -2.38. The van der Waals surface area contributed by atoms with E-state index in [1.54, 1.807) is 4.90 Å². The number of nitrogens with zero attached hydrogens (tertiary/aromatic N) is 4. The monoisotopic (exact) mass is 374 g/mol. The van der Waals surface area contributed by atoms with Crippen molar-refractivity contribution in [2.75, 3.05) is 24.5 Å². The normalized spacial score (nSPS) is 17.3. The number of carbonyl (C=O) groups is 1. The lowest BCUT2D eigenvalue weighted by atomic mass is 10.1. The van der Waals surface area contributed by atoms with Gasteiger partial charge >= 0.3 is 0 Å². The van der Waals surface area contributed by atoms with Gasteiger partial charge in [0, 0.05) is 25.3 Å². The molecule has 0 atom stereocenters. The fourth-order valence-corrected chi connectivity index (χ4v) is 3.97. The lowest BCUT2D eigenvalue weighted by Gasteiger charge is -2.30. The first-order valence-corrected chi connectivity index (χ1v) is 9.54. The van der Waals surface area contributed by atoms with Crippen LogP contribution < -0.4 is 4.90 Å². The van der Waals surface area contributed by atoms with Crippen molar-refractivity contribution in [3.63, 3.8) is 0 Å². The van der Waals surface area contributed by atoms with Gasteiger partial charge in [0.15, 0.2) is 0 Å². The summed E-state index contributed by atoms with van der Waals surface area (Å²) in [5.41, 5.74) is 3.21. The van der Waals surface area contributed by atoms with Gasteiger partial charge in [0.1, 0.15) is 0 Å². The SMILES string of the molecule is O=C(c1cc(N2CCCCC2)ccc1Cl)N1CCn2nc(CO)cc2C1. The van der Waals surface area contributed by atoms with Crippen molar-refractivity contribution in [1.29, 1.82) is 0 Å². The standard InChI is InChI=1S/C19H23ClN4O2/c20-18-5-4-15(22-6-2-1-3-7-22)11-17(18)19(26)23-8-9-24-16(12-23)10-14(13-25)21-24/h4-5,10-11,25H,1-3,6-9,12-13H2. The summed E-state index contributed by atoms with van der Waals surface area (Å²) >= 11 is 6.36. The van der Waals surface area contributed by atoms with Crippen LogP contribution in [0.3, 0.4) is 0 Å². The molecule has 138 valence electrons. The molecule has 3 heterocycles. The zero-order valence-corrected chi connectivity index (χ0v) is 15.5. The summed E-state index contributed by atoms with van der Waals surface area (Å²) < 4.78 is 1.86. The maximum Gasteiger partial charge on any atom is 0.255 e. The summed E-state index contributed by atoms with van der Waals surface area (Å²) in [6.45, 7) is 3.67. The quantitative estimate of drug-likeness (QED) is 0.897. The maximum absolute atomic E-state index is 13.1. The first kappa shape index (κ1) is 17.4. The van der Waals surface area contributed by atoms with Crippen LogP contribution in [0.15, 0.2) is 24.3 Å². The van der Waals surface area contributed by atoms with Crippen LogP contribution in [0.4, 0.5) is 5.69 Å². The van der Waals surface area contributed by atoms with Crippen molar-refractivity contribution in [2.24, 2.45) is 0 Å². The minimum Gasteiger partial charge on any atom is -0.390 e. The zero-order valence-electron chi connectivity index (χ0n) is 14.7. The van der Waals surface area contributed by atoms with E-state index >= 15 is 0 Å². The summed E-state index contributed by atoms with van der Waals surface area (Å²) in [5.74, 6) is -0.0492. The number of piperidine rings is 1. The van der Waals surface area contributed by atoms with Gasteiger partial charge in [-0.3, -0.25) is 9.48 Å². The number of rotatable bonds is 3. The predicted molar refractivity (Wildman–Crippen MR) is 100 cm³/mol. The van der Waals surface area contributed by atoms with Crippen LogP contribution in [0.1, 0.15) is 41.0 Å². The summed E-state index contributed by atoms with van der Waals surface area (Å²) in [6, 6.07) is 7.62. The van der Waals surface area contributed by atoms with Gasteiger partial charge in [0.2, 0.25) is 0 Å². The number of aromatic nitrogens is 2. The average Bonchev–Trinajstić information content (AvgIpc) is 3.11. The van der Waals surface area contributed by atoms with Crippen LogP contribution in [-0.2, 0) is 19.7 Å². The molecule has 0 saturated carbocycles. The Morgan fingerprint density at radius 1 is 1.12 bits per heavy atom. The molecule has 0 unspecified atom stereocenters. The Labute approximate surface area is 158 Å². The minimum atomic E-state index is -0.0857. The Morgan fingerprint density at radius 3 is 2.69 bits per heavy atom. The van der Waals surface area contributed by atoms with Gasteiger partial charge in [-0.1, -0.05) is 11.6 Å². The van der Waals surface area contributed by atoms with Gasteiger partial charge in [-0.25, -0.2) is 0 Å². The number of hydrogen-bond acceptors (Lipinski definition) is 4. The Bertz CT molecular complexity index is 814. The molecule has 1 fully saturated rings. The van der Waals surface area contributed by atoms with Gasteiger partial charge < -0.3 is 14.9 Å². The number of amides is 1. The number of anilines is 1. The van der Waals surface area contributed by atoms with Crippen molar-refractivity contribution in [3.8, 4) is 0 Å². The first-order valence-electron chi connectivity index (χ1n) is 9.16. The molecule has 0 aliphatic carbocycles. The number of halogens is 1. The third kappa shape index (κ3) is 3.31. The molecule has 2 aliphatic rings. The summed E-state index contributed by atoms with van der Waals surface area (Å²) in [7, 11) is 0. The van der Waals surface area contributed by atoms with Crippen molar-refractivity contribution in [2.45, 2.75) is 39.0 Å². The number of aliphatic hydroxyl groups excluding tert-OH is 1. The molecule has 1 N–H and O–H groups in total. The molecule has 26 heavy (non-hydrogen) atoms. The molecule has 1 saturated heterocycles. The van der Waals surface area contributed by atoms with Gasteiger partial charge in [-0.15, -0.1) is 0 Å². The summed E-state index contributed by atoms with van der Waals surface area (Å²) in [4.78, 5) is 17.2. The number of carbonyl (C=O) groups excluding carboxylic acids is 1. The Morgan fingerprint density at radius 2 is 1.92 bits per heavy atom. The third-order valence-corrected chi connectivity index (χ3v) is 5.53. The van der Waals surface area contributed by atoms with Gasteiger partial charge in [-0.05, 0) is 43.5 Å². The Kier molecular flexibility index (Phi) is 4.87. The molecule has 0 spiro atoms. The second-order valence-electron chi connectivity index (χ2n) is 6.95. The van der Waals surface area contributed by atoms with Crippen LogP contribution in [0.25, 0.3) is 0 Å². The second kappa shape index (κ2) is 7.29. The smallest absolute Gasteiger partial charge is 0.255 e. The largest absolute Gasteiger partial charge is 0.390 e. The molecule has 0 bridgehead atoms.